The summed E-state index contributed by atoms with van der Waals surface area (Å²) in [6.45, 7) is 5.88. The third-order valence-electron chi connectivity index (χ3n) is 4.35. The number of halogens is 1. The van der Waals surface area contributed by atoms with Gasteiger partial charge in [-0.2, -0.15) is 0 Å². The van der Waals surface area contributed by atoms with Gasteiger partial charge in [0.2, 0.25) is 0 Å². The maximum atomic E-state index is 11.4. The highest BCUT2D eigenvalue weighted by Gasteiger charge is 2.09. The monoisotopic (exact) mass is 358 g/mol. The molecule has 0 unspecified atom stereocenters. The Hall–Kier alpha value is -1.80. The van der Waals surface area contributed by atoms with E-state index >= 15 is 0 Å². The van der Waals surface area contributed by atoms with E-state index in [2.05, 4.69) is 13.8 Å². The van der Waals surface area contributed by atoms with Gasteiger partial charge in [-0.25, -0.2) is 0 Å². The van der Waals surface area contributed by atoms with Crippen LogP contribution in [0.25, 0.3) is 11.1 Å². The maximum absolute atomic E-state index is 11.4. The molecule has 0 aliphatic rings. The van der Waals surface area contributed by atoms with E-state index in [1.165, 1.54) is 25.7 Å². The smallest absolute Gasteiger partial charge is 0.159 e. The average molecular weight is 359 g/mol. The van der Waals surface area contributed by atoms with Crippen LogP contribution in [-0.2, 0) is 0 Å². The average Bonchev–Trinajstić information content (AvgIpc) is 2.60. The molecule has 0 fully saturated rings. The van der Waals surface area contributed by atoms with Crippen molar-refractivity contribution in [1.82, 2.24) is 0 Å². The molecule has 0 heterocycles. The number of Topliss-reactive ketones (excluding diaryl/α,β-unsaturated/α-hetero) is 1. The summed E-state index contributed by atoms with van der Waals surface area (Å²) in [7, 11) is 0. The highest BCUT2D eigenvalue weighted by molar-refractivity contribution is 6.32. The molecule has 0 aromatic heterocycles. The van der Waals surface area contributed by atoms with Crippen molar-refractivity contribution in [2.45, 2.75) is 59.0 Å². The molecule has 2 rings (SSSR count). The topological polar surface area (TPSA) is 26.3 Å². The molecule has 0 saturated carbocycles. The summed E-state index contributed by atoms with van der Waals surface area (Å²) < 4.78 is 5.99. The number of carbonyl (C=O) groups excluding carboxylic acids is 1. The van der Waals surface area contributed by atoms with Crippen molar-refractivity contribution in [1.29, 1.82) is 0 Å². The van der Waals surface area contributed by atoms with Crippen LogP contribution >= 0.6 is 11.6 Å². The molecule has 0 aliphatic heterocycles. The lowest BCUT2D eigenvalue weighted by Gasteiger charge is -2.16. The molecule has 2 nitrogen and oxygen atoms in total. The van der Waals surface area contributed by atoms with Crippen LogP contribution in [0.1, 0.15) is 63.2 Å². The molecular weight excluding hydrogens is 332 g/mol. The molecule has 0 bridgehead atoms. The van der Waals surface area contributed by atoms with Gasteiger partial charge in [-0.15, -0.1) is 0 Å². The van der Waals surface area contributed by atoms with Gasteiger partial charge in [0.1, 0.15) is 5.75 Å². The van der Waals surface area contributed by atoms with E-state index in [1.807, 2.05) is 42.5 Å². The van der Waals surface area contributed by atoms with Gasteiger partial charge < -0.3 is 4.74 Å². The SMILES string of the molecule is CCCCCC[C@H](C)Oc1ccc(-c2ccc(C(C)=O)cc2)cc1Cl. The summed E-state index contributed by atoms with van der Waals surface area (Å²) in [5, 5.41) is 0.619. The summed E-state index contributed by atoms with van der Waals surface area (Å²) in [6, 6.07) is 13.4. The molecule has 0 amide bonds. The van der Waals surface area contributed by atoms with E-state index in [9.17, 15) is 4.79 Å². The summed E-state index contributed by atoms with van der Waals surface area (Å²) in [6.07, 6.45) is 6.18. The van der Waals surface area contributed by atoms with Crippen molar-refractivity contribution in [3.05, 3.63) is 53.1 Å². The predicted octanol–water partition coefficient (Wildman–Crippen LogP) is 6.95. The Kier molecular flexibility index (Phi) is 7.52. The summed E-state index contributed by atoms with van der Waals surface area (Å²) in [4.78, 5) is 11.4. The Morgan fingerprint density at radius 3 is 2.32 bits per heavy atom. The molecule has 2 aromatic carbocycles. The number of ether oxygens (including phenoxy) is 1. The molecule has 0 N–H and O–H groups in total. The Labute approximate surface area is 156 Å². The minimum Gasteiger partial charge on any atom is -0.489 e. The quantitative estimate of drug-likeness (QED) is 0.358. The van der Waals surface area contributed by atoms with Gasteiger partial charge >= 0.3 is 0 Å². The Morgan fingerprint density at radius 1 is 1.04 bits per heavy atom. The van der Waals surface area contributed by atoms with Gasteiger partial charge in [0.25, 0.3) is 0 Å². The zero-order chi connectivity index (χ0) is 18.2. The summed E-state index contributed by atoms with van der Waals surface area (Å²) in [5.74, 6) is 0.801. The van der Waals surface area contributed by atoms with Crippen LogP contribution in [0.5, 0.6) is 5.75 Å². The van der Waals surface area contributed by atoms with E-state index < -0.39 is 0 Å². The fraction of sp³-hybridized carbons (Fsp3) is 0.409. The molecule has 1 atom stereocenters. The Balaban J connectivity index is 2.01. The van der Waals surface area contributed by atoms with Crippen molar-refractivity contribution in [2.24, 2.45) is 0 Å². The molecule has 25 heavy (non-hydrogen) atoms. The van der Waals surface area contributed by atoms with E-state index in [4.69, 9.17) is 16.3 Å². The number of benzene rings is 2. The van der Waals surface area contributed by atoms with Gasteiger partial charge in [-0.3, -0.25) is 4.79 Å². The normalized spacial score (nSPS) is 12.0. The first-order valence-electron chi connectivity index (χ1n) is 9.09. The zero-order valence-corrected chi connectivity index (χ0v) is 16.1. The Morgan fingerprint density at radius 2 is 1.72 bits per heavy atom. The largest absolute Gasteiger partial charge is 0.489 e. The van der Waals surface area contributed by atoms with Gasteiger partial charge in [0.05, 0.1) is 11.1 Å². The number of hydrogen-bond acceptors (Lipinski definition) is 2. The number of unbranched alkanes of at least 4 members (excludes halogenated alkanes) is 3. The lowest BCUT2D eigenvalue weighted by atomic mass is 10.0. The zero-order valence-electron chi connectivity index (χ0n) is 15.3. The van der Waals surface area contributed by atoms with Gasteiger partial charge in [0.15, 0.2) is 5.78 Å². The van der Waals surface area contributed by atoms with Crippen molar-refractivity contribution in [2.75, 3.05) is 0 Å². The molecule has 134 valence electrons. The maximum Gasteiger partial charge on any atom is 0.159 e. The fourth-order valence-corrected chi connectivity index (χ4v) is 3.03. The van der Waals surface area contributed by atoms with E-state index in [0.717, 1.165) is 23.3 Å². The van der Waals surface area contributed by atoms with Gasteiger partial charge in [-0.05, 0) is 49.9 Å². The van der Waals surface area contributed by atoms with Gasteiger partial charge in [0, 0.05) is 5.56 Å². The first-order valence-corrected chi connectivity index (χ1v) is 9.46. The van der Waals surface area contributed by atoms with E-state index in [1.54, 1.807) is 6.92 Å². The highest BCUT2D eigenvalue weighted by Crippen LogP contribution is 2.31. The molecule has 2 aromatic rings. The lowest BCUT2D eigenvalue weighted by Crippen LogP contribution is -2.11. The molecule has 3 heteroatoms. The second-order valence-corrected chi connectivity index (χ2v) is 6.96. The summed E-state index contributed by atoms with van der Waals surface area (Å²) >= 11 is 6.41. The van der Waals surface area contributed by atoms with Crippen LogP contribution in [0.2, 0.25) is 5.02 Å². The van der Waals surface area contributed by atoms with Crippen LogP contribution in [0.15, 0.2) is 42.5 Å². The third-order valence-corrected chi connectivity index (χ3v) is 4.64. The minimum absolute atomic E-state index is 0.0706. The molecule has 0 saturated heterocycles. The predicted molar refractivity (Wildman–Crippen MR) is 106 cm³/mol. The van der Waals surface area contributed by atoms with E-state index in [-0.39, 0.29) is 11.9 Å². The molecule has 0 radical (unpaired) electrons. The standard InChI is InChI=1S/C22H27ClO2/c1-4-5-6-7-8-16(2)25-22-14-13-20(15-21(22)23)19-11-9-18(10-12-19)17(3)24/h9-16H,4-8H2,1-3H3/t16-/m0/s1. The molecule has 0 spiro atoms. The van der Waals surface area contributed by atoms with Crippen LogP contribution < -0.4 is 4.74 Å². The second kappa shape index (κ2) is 9.62. The first-order chi connectivity index (χ1) is 12.0. The van der Waals surface area contributed by atoms with Crippen molar-refractivity contribution in [3.8, 4) is 16.9 Å². The van der Waals surface area contributed by atoms with Crippen LogP contribution in [-0.4, -0.2) is 11.9 Å². The minimum atomic E-state index is 0.0706. The van der Waals surface area contributed by atoms with Crippen molar-refractivity contribution >= 4 is 17.4 Å². The summed E-state index contributed by atoms with van der Waals surface area (Å²) in [5.41, 5.74) is 2.76. The first kappa shape index (κ1) is 19.5. The molecule has 0 aliphatic carbocycles. The number of rotatable bonds is 9. The third kappa shape index (κ3) is 5.89. The second-order valence-electron chi connectivity index (χ2n) is 6.56. The Bertz CT molecular complexity index is 692. The van der Waals surface area contributed by atoms with Crippen LogP contribution in [0.4, 0.5) is 0 Å². The number of hydrogen-bond donors (Lipinski definition) is 0. The van der Waals surface area contributed by atoms with Crippen LogP contribution in [0, 0.1) is 0 Å². The highest BCUT2D eigenvalue weighted by atomic mass is 35.5. The molecular formula is C22H27ClO2. The van der Waals surface area contributed by atoms with Gasteiger partial charge in [-0.1, -0.05) is 68.1 Å². The van der Waals surface area contributed by atoms with Crippen molar-refractivity contribution < 1.29 is 9.53 Å². The van der Waals surface area contributed by atoms with E-state index in [0.29, 0.717) is 10.6 Å². The van der Waals surface area contributed by atoms with Crippen molar-refractivity contribution in [3.63, 3.8) is 0 Å². The fourth-order valence-electron chi connectivity index (χ4n) is 2.81. The lowest BCUT2D eigenvalue weighted by molar-refractivity contribution is 0.101. The number of carbonyl (C=O) groups is 1. The number of ketones is 1. The van der Waals surface area contributed by atoms with Crippen LogP contribution in [0.3, 0.4) is 0 Å².